The van der Waals surface area contributed by atoms with Gasteiger partial charge in [0.05, 0.1) is 19.3 Å². The first kappa shape index (κ1) is 12.3. The van der Waals surface area contributed by atoms with Crippen molar-refractivity contribution in [2.45, 2.75) is 0 Å². The van der Waals surface area contributed by atoms with E-state index in [9.17, 15) is 8.42 Å². The van der Waals surface area contributed by atoms with Crippen LogP contribution >= 0.6 is 0 Å². The topological polar surface area (TPSA) is 102 Å². The van der Waals surface area contributed by atoms with Crippen LogP contribution in [0.15, 0.2) is 0 Å². The minimum Gasteiger partial charge on any atom is -0.395 e. The summed E-state index contributed by atoms with van der Waals surface area (Å²) in [5, 5.41) is 25.3. The summed E-state index contributed by atoms with van der Waals surface area (Å²) in [5.74, 6) is -0.632. The van der Waals surface area contributed by atoms with Gasteiger partial charge in [-0.25, -0.2) is 8.42 Å². The molecule has 2 N–H and O–H groups in total. The zero-order chi connectivity index (χ0) is 10.3. The number of aliphatic hydroxyl groups is 2. The molecule has 0 bridgehead atoms. The molecule has 0 atom stereocenters. The van der Waals surface area contributed by atoms with Gasteiger partial charge in [-0.1, -0.05) is 0 Å². The van der Waals surface area contributed by atoms with Crippen molar-refractivity contribution < 1.29 is 18.6 Å². The van der Waals surface area contributed by atoms with Crippen LogP contribution in [0.1, 0.15) is 0 Å². The van der Waals surface area contributed by atoms with E-state index < -0.39 is 15.8 Å². The Kier molecular flexibility index (Phi) is 5.57. The van der Waals surface area contributed by atoms with Crippen molar-refractivity contribution in [3.05, 3.63) is 0 Å². The smallest absolute Gasteiger partial charge is 0.227 e. The van der Waals surface area contributed by atoms with Gasteiger partial charge in [-0.2, -0.15) is 9.57 Å². The molecular formula is C6H12N2O4S. The van der Waals surface area contributed by atoms with Gasteiger partial charge in [0.25, 0.3) is 0 Å². The fourth-order valence-electron chi connectivity index (χ4n) is 0.786. The highest BCUT2D eigenvalue weighted by Gasteiger charge is 2.20. The third kappa shape index (κ3) is 4.19. The lowest BCUT2D eigenvalue weighted by molar-refractivity contribution is 0.218. The maximum Gasteiger partial charge on any atom is 0.227 e. The summed E-state index contributed by atoms with van der Waals surface area (Å²) < 4.78 is 23.3. The number of sulfonamides is 1. The zero-order valence-electron chi connectivity index (χ0n) is 7.05. The van der Waals surface area contributed by atoms with Crippen LogP contribution in [0.4, 0.5) is 0 Å². The Morgan fingerprint density at radius 3 is 2.00 bits per heavy atom. The number of rotatable bonds is 6. The average molecular weight is 208 g/mol. The second-order valence-electron chi connectivity index (χ2n) is 2.26. The van der Waals surface area contributed by atoms with Gasteiger partial charge < -0.3 is 10.2 Å². The molecule has 0 saturated carbocycles. The first-order valence-corrected chi connectivity index (χ1v) is 5.26. The maximum atomic E-state index is 11.2. The number of nitrogens with zero attached hydrogens (tertiary/aromatic N) is 2. The maximum absolute atomic E-state index is 11.2. The number of nitriles is 1. The highest BCUT2D eigenvalue weighted by molar-refractivity contribution is 7.89. The highest BCUT2D eigenvalue weighted by atomic mass is 32.2. The monoisotopic (exact) mass is 208 g/mol. The van der Waals surface area contributed by atoms with Gasteiger partial charge in [0, 0.05) is 13.1 Å². The molecule has 0 aromatic heterocycles. The van der Waals surface area contributed by atoms with E-state index in [0.717, 1.165) is 4.31 Å². The molecule has 0 aliphatic carbocycles. The fourth-order valence-corrected chi connectivity index (χ4v) is 1.85. The third-order valence-corrected chi connectivity index (χ3v) is 2.98. The Hall–Kier alpha value is -0.680. The summed E-state index contributed by atoms with van der Waals surface area (Å²) >= 11 is 0. The summed E-state index contributed by atoms with van der Waals surface area (Å²) in [6.07, 6.45) is 0. The molecule has 0 spiro atoms. The zero-order valence-corrected chi connectivity index (χ0v) is 7.87. The summed E-state index contributed by atoms with van der Waals surface area (Å²) in [5.41, 5.74) is 0. The molecule has 0 unspecified atom stereocenters. The van der Waals surface area contributed by atoms with Crippen LogP contribution in [0.3, 0.4) is 0 Å². The van der Waals surface area contributed by atoms with Crippen LogP contribution in [0.2, 0.25) is 0 Å². The molecule has 0 saturated heterocycles. The Balaban J connectivity index is 4.44. The van der Waals surface area contributed by atoms with E-state index in [2.05, 4.69) is 0 Å². The number of hydrogen-bond acceptors (Lipinski definition) is 5. The van der Waals surface area contributed by atoms with Crippen LogP contribution in [-0.2, 0) is 10.0 Å². The van der Waals surface area contributed by atoms with E-state index in [0.29, 0.717) is 0 Å². The average Bonchev–Trinajstić information content (AvgIpc) is 2.04. The van der Waals surface area contributed by atoms with Crippen molar-refractivity contribution >= 4 is 10.0 Å². The van der Waals surface area contributed by atoms with Crippen LogP contribution in [0, 0.1) is 11.3 Å². The van der Waals surface area contributed by atoms with Crippen molar-refractivity contribution in [2.24, 2.45) is 0 Å². The van der Waals surface area contributed by atoms with Gasteiger partial charge in [0.2, 0.25) is 10.0 Å². The van der Waals surface area contributed by atoms with E-state index in [-0.39, 0.29) is 26.3 Å². The SMILES string of the molecule is N#CCS(=O)(=O)N(CCO)CCO. The molecule has 0 aromatic rings. The Bertz CT molecular complexity index is 263. The van der Waals surface area contributed by atoms with Crippen LogP contribution < -0.4 is 0 Å². The van der Waals surface area contributed by atoms with Crippen molar-refractivity contribution in [3.8, 4) is 6.07 Å². The van der Waals surface area contributed by atoms with Gasteiger partial charge in [-0.05, 0) is 0 Å². The number of hydrogen-bond donors (Lipinski definition) is 2. The molecule has 0 rings (SSSR count). The Morgan fingerprint density at radius 1 is 1.23 bits per heavy atom. The van der Waals surface area contributed by atoms with E-state index in [1.54, 1.807) is 0 Å². The second-order valence-corrected chi connectivity index (χ2v) is 4.23. The van der Waals surface area contributed by atoms with Crippen molar-refractivity contribution in [3.63, 3.8) is 0 Å². The molecule has 0 aliphatic heterocycles. The van der Waals surface area contributed by atoms with Gasteiger partial charge >= 0.3 is 0 Å². The summed E-state index contributed by atoms with van der Waals surface area (Å²) in [6.45, 7) is -0.843. The molecule has 13 heavy (non-hydrogen) atoms. The molecule has 0 radical (unpaired) electrons. The second kappa shape index (κ2) is 5.88. The Morgan fingerprint density at radius 2 is 1.69 bits per heavy atom. The molecule has 0 heterocycles. The molecule has 76 valence electrons. The van der Waals surface area contributed by atoms with Gasteiger partial charge in [-0.15, -0.1) is 0 Å². The fraction of sp³-hybridized carbons (Fsp3) is 0.833. The highest BCUT2D eigenvalue weighted by Crippen LogP contribution is 1.99. The van der Waals surface area contributed by atoms with Crippen LogP contribution in [0.25, 0.3) is 0 Å². The first-order chi connectivity index (χ1) is 6.08. The van der Waals surface area contributed by atoms with E-state index in [4.69, 9.17) is 15.5 Å². The van der Waals surface area contributed by atoms with Crippen LogP contribution in [0.5, 0.6) is 0 Å². The van der Waals surface area contributed by atoms with Crippen LogP contribution in [-0.4, -0.2) is 55.0 Å². The lowest BCUT2D eigenvalue weighted by Gasteiger charge is -2.17. The predicted octanol–water partition coefficient (Wildman–Crippen LogP) is -1.87. The largest absolute Gasteiger partial charge is 0.395 e. The Labute approximate surface area is 77.1 Å². The van der Waals surface area contributed by atoms with E-state index in [1.807, 2.05) is 0 Å². The van der Waals surface area contributed by atoms with E-state index >= 15 is 0 Å². The summed E-state index contributed by atoms with van der Waals surface area (Å²) in [6, 6.07) is 1.51. The number of aliphatic hydroxyl groups excluding tert-OH is 2. The minimum atomic E-state index is -3.64. The van der Waals surface area contributed by atoms with Gasteiger partial charge in [-0.3, -0.25) is 0 Å². The van der Waals surface area contributed by atoms with Crippen molar-refractivity contribution in [1.82, 2.24) is 4.31 Å². The lowest BCUT2D eigenvalue weighted by atomic mass is 10.6. The third-order valence-electron chi connectivity index (χ3n) is 1.34. The van der Waals surface area contributed by atoms with E-state index in [1.165, 1.54) is 6.07 Å². The molecular weight excluding hydrogens is 196 g/mol. The molecule has 7 heteroatoms. The minimum absolute atomic E-state index is 0.0927. The summed E-state index contributed by atoms with van der Waals surface area (Å²) in [4.78, 5) is 0. The van der Waals surface area contributed by atoms with Crippen molar-refractivity contribution in [2.75, 3.05) is 32.1 Å². The predicted molar refractivity (Wildman–Crippen MR) is 45.1 cm³/mol. The first-order valence-electron chi connectivity index (χ1n) is 3.65. The molecule has 0 aromatic carbocycles. The van der Waals surface area contributed by atoms with Gasteiger partial charge in [0.1, 0.15) is 0 Å². The van der Waals surface area contributed by atoms with Crippen molar-refractivity contribution in [1.29, 1.82) is 5.26 Å². The quantitative estimate of drug-likeness (QED) is 0.532. The molecule has 6 nitrogen and oxygen atoms in total. The molecule has 0 aliphatic rings. The normalized spacial score (nSPS) is 11.5. The molecule has 0 amide bonds. The molecule has 0 fully saturated rings. The standard InChI is InChI=1S/C6H12N2O4S/c7-1-6-13(11,12)8(2-4-9)3-5-10/h9-10H,2-6H2. The van der Waals surface area contributed by atoms with Gasteiger partial charge in [0.15, 0.2) is 5.75 Å². The summed E-state index contributed by atoms with van der Waals surface area (Å²) in [7, 11) is -3.64. The lowest BCUT2D eigenvalue weighted by Crippen LogP contribution is -2.37.